The first-order chi connectivity index (χ1) is 7.79. The minimum Gasteiger partial charge on any atom is -0.396 e. The average Bonchev–Trinajstić information content (AvgIpc) is 2.30. The maximum Gasteiger partial charge on any atom is 0.129 e. The maximum absolute atomic E-state index is 8.98. The van der Waals surface area contributed by atoms with Gasteiger partial charge in [-0.3, -0.25) is 0 Å². The Hall–Kier alpha value is -0.610. The minimum atomic E-state index is 0.296. The first-order valence-corrected chi connectivity index (χ1v) is 6.57. The SMILES string of the molecule is OCCC1CCCN(c2cccc(Br)n2)C1. The summed E-state index contributed by atoms with van der Waals surface area (Å²) in [5.41, 5.74) is 0. The number of anilines is 1. The van der Waals surface area contributed by atoms with Crippen LogP contribution in [0.5, 0.6) is 0 Å². The molecule has 2 heterocycles. The van der Waals surface area contributed by atoms with Gasteiger partial charge in [0.05, 0.1) is 0 Å². The summed E-state index contributed by atoms with van der Waals surface area (Å²) < 4.78 is 0.884. The Labute approximate surface area is 105 Å². The molecule has 2 rings (SSSR count). The molecule has 1 saturated heterocycles. The van der Waals surface area contributed by atoms with Crippen LogP contribution in [0.2, 0.25) is 0 Å². The summed E-state index contributed by atoms with van der Waals surface area (Å²) in [7, 11) is 0. The van der Waals surface area contributed by atoms with E-state index in [4.69, 9.17) is 5.11 Å². The van der Waals surface area contributed by atoms with Gasteiger partial charge in [0.15, 0.2) is 0 Å². The zero-order chi connectivity index (χ0) is 11.4. The molecule has 88 valence electrons. The Morgan fingerprint density at radius 3 is 3.12 bits per heavy atom. The largest absolute Gasteiger partial charge is 0.396 e. The van der Waals surface area contributed by atoms with Crippen molar-refractivity contribution in [1.29, 1.82) is 0 Å². The molecule has 0 aliphatic carbocycles. The zero-order valence-electron chi connectivity index (χ0n) is 9.27. The van der Waals surface area contributed by atoms with Crippen LogP contribution in [0.3, 0.4) is 0 Å². The zero-order valence-corrected chi connectivity index (χ0v) is 10.9. The molecule has 1 aromatic heterocycles. The molecule has 1 atom stereocenters. The van der Waals surface area contributed by atoms with Crippen molar-refractivity contribution in [1.82, 2.24) is 4.98 Å². The molecule has 0 bridgehead atoms. The highest BCUT2D eigenvalue weighted by atomic mass is 79.9. The Kier molecular flexibility index (Phi) is 4.18. The van der Waals surface area contributed by atoms with Gasteiger partial charge in [-0.2, -0.15) is 0 Å². The molecule has 3 nitrogen and oxygen atoms in total. The predicted octanol–water partition coefficient (Wildman–Crippen LogP) is 2.44. The third-order valence-electron chi connectivity index (χ3n) is 3.08. The van der Waals surface area contributed by atoms with Crippen LogP contribution in [0.15, 0.2) is 22.8 Å². The number of pyridine rings is 1. The highest BCUT2D eigenvalue weighted by molar-refractivity contribution is 9.10. The van der Waals surface area contributed by atoms with Gasteiger partial charge < -0.3 is 10.0 Å². The number of aromatic nitrogens is 1. The number of nitrogens with zero attached hydrogens (tertiary/aromatic N) is 2. The third-order valence-corrected chi connectivity index (χ3v) is 3.52. The molecule has 1 aliphatic heterocycles. The van der Waals surface area contributed by atoms with Crippen LogP contribution in [0.4, 0.5) is 5.82 Å². The van der Waals surface area contributed by atoms with Crippen molar-refractivity contribution >= 4 is 21.7 Å². The van der Waals surface area contributed by atoms with Crippen LogP contribution in [-0.2, 0) is 0 Å². The van der Waals surface area contributed by atoms with Crippen molar-refractivity contribution in [2.24, 2.45) is 5.92 Å². The molecule has 1 unspecified atom stereocenters. The third kappa shape index (κ3) is 2.95. The van der Waals surface area contributed by atoms with E-state index in [2.05, 4.69) is 25.8 Å². The monoisotopic (exact) mass is 284 g/mol. The van der Waals surface area contributed by atoms with E-state index in [-0.39, 0.29) is 0 Å². The molecule has 1 N–H and O–H groups in total. The summed E-state index contributed by atoms with van der Waals surface area (Å²) in [5, 5.41) is 8.98. The van der Waals surface area contributed by atoms with Crippen LogP contribution in [0.1, 0.15) is 19.3 Å². The lowest BCUT2D eigenvalue weighted by Crippen LogP contribution is -2.36. The molecule has 1 aliphatic rings. The van der Waals surface area contributed by atoms with Crippen molar-refractivity contribution in [3.05, 3.63) is 22.8 Å². The van der Waals surface area contributed by atoms with Gasteiger partial charge in [-0.1, -0.05) is 6.07 Å². The molecule has 0 amide bonds. The highest BCUT2D eigenvalue weighted by Gasteiger charge is 2.20. The van der Waals surface area contributed by atoms with Crippen molar-refractivity contribution in [2.45, 2.75) is 19.3 Å². The lowest BCUT2D eigenvalue weighted by molar-refractivity contribution is 0.244. The summed E-state index contributed by atoms with van der Waals surface area (Å²) in [6, 6.07) is 6.01. The summed E-state index contributed by atoms with van der Waals surface area (Å²) in [5.74, 6) is 1.65. The van der Waals surface area contributed by atoms with E-state index >= 15 is 0 Å². The molecule has 16 heavy (non-hydrogen) atoms. The smallest absolute Gasteiger partial charge is 0.129 e. The Balaban J connectivity index is 2.03. The molecule has 0 spiro atoms. The first-order valence-electron chi connectivity index (χ1n) is 5.78. The first kappa shape index (κ1) is 11.9. The molecule has 0 aromatic carbocycles. The summed E-state index contributed by atoms with van der Waals surface area (Å²) in [4.78, 5) is 6.79. The predicted molar refractivity (Wildman–Crippen MR) is 68.6 cm³/mol. The van der Waals surface area contributed by atoms with Gasteiger partial charge in [0.2, 0.25) is 0 Å². The summed E-state index contributed by atoms with van der Waals surface area (Å²) >= 11 is 3.40. The molecular weight excluding hydrogens is 268 g/mol. The topological polar surface area (TPSA) is 36.4 Å². The van der Waals surface area contributed by atoms with Gasteiger partial charge in [0.1, 0.15) is 10.4 Å². The summed E-state index contributed by atoms with van der Waals surface area (Å²) in [6.07, 6.45) is 3.33. The Bertz CT molecular complexity index is 344. The van der Waals surface area contributed by atoms with E-state index in [1.54, 1.807) is 0 Å². The van der Waals surface area contributed by atoms with Gasteiger partial charge in [-0.25, -0.2) is 4.98 Å². The number of rotatable bonds is 3. The average molecular weight is 285 g/mol. The molecule has 1 fully saturated rings. The van der Waals surface area contributed by atoms with Crippen LogP contribution in [-0.4, -0.2) is 29.8 Å². The molecular formula is C12H17BrN2O. The second-order valence-electron chi connectivity index (χ2n) is 4.29. The van der Waals surface area contributed by atoms with Gasteiger partial charge in [-0.15, -0.1) is 0 Å². The van der Waals surface area contributed by atoms with Crippen LogP contribution in [0.25, 0.3) is 0 Å². The Morgan fingerprint density at radius 1 is 1.50 bits per heavy atom. The van der Waals surface area contributed by atoms with E-state index in [1.807, 2.05) is 18.2 Å². The van der Waals surface area contributed by atoms with E-state index in [9.17, 15) is 0 Å². The van der Waals surface area contributed by atoms with Gasteiger partial charge in [-0.05, 0) is 53.2 Å². The van der Waals surface area contributed by atoms with Crippen molar-refractivity contribution < 1.29 is 5.11 Å². The summed E-state index contributed by atoms with van der Waals surface area (Å²) in [6.45, 7) is 2.39. The van der Waals surface area contributed by atoms with Gasteiger partial charge >= 0.3 is 0 Å². The van der Waals surface area contributed by atoms with E-state index in [0.29, 0.717) is 12.5 Å². The van der Waals surface area contributed by atoms with E-state index < -0.39 is 0 Å². The number of aliphatic hydroxyl groups excluding tert-OH is 1. The van der Waals surface area contributed by atoms with E-state index in [0.717, 1.165) is 29.9 Å². The minimum absolute atomic E-state index is 0.296. The molecule has 1 aromatic rings. The molecule has 0 radical (unpaired) electrons. The fourth-order valence-corrected chi connectivity index (χ4v) is 2.60. The standard InChI is InChI=1S/C12H17BrN2O/c13-11-4-1-5-12(14-11)15-7-2-3-10(9-15)6-8-16/h1,4-5,10,16H,2-3,6-9H2. The van der Waals surface area contributed by atoms with Crippen molar-refractivity contribution in [3.63, 3.8) is 0 Å². The van der Waals surface area contributed by atoms with Gasteiger partial charge in [0.25, 0.3) is 0 Å². The lowest BCUT2D eigenvalue weighted by Gasteiger charge is -2.33. The fourth-order valence-electron chi connectivity index (χ4n) is 2.27. The number of hydrogen-bond acceptors (Lipinski definition) is 3. The number of hydrogen-bond donors (Lipinski definition) is 1. The van der Waals surface area contributed by atoms with Crippen molar-refractivity contribution in [2.75, 3.05) is 24.6 Å². The molecule has 4 heteroatoms. The number of aliphatic hydroxyl groups is 1. The molecule has 0 saturated carbocycles. The maximum atomic E-state index is 8.98. The van der Waals surface area contributed by atoms with Crippen molar-refractivity contribution in [3.8, 4) is 0 Å². The highest BCUT2D eigenvalue weighted by Crippen LogP contribution is 2.24. The van der Waals surface area contributed by atoms with Crippen LogP contribution in [0, 0.1) is 5.92 Å². The normalized spacial score (nSPS) is 21.1. The fraction of sp³-hybridized carbons (Fsp3) is 0.583. The Morgan fingerprint density at radius 2 is 2.38 bits per heavy atom. The lowest BCUT2D eigenvalue weighted by atomic mass is 9.95. The second-order valence-corrected chi connectivity index (χ2v) is 5.10. The second kappa shape index (κ2) is 5.64. The number of piperidine rings is 1. The van der Waals surface area contributed by atoms with E-state index in [1.165, 1.54) is 12.8 Å². The van der Waals surface area contributed by atoms with Crippen LogP contribution >= 0.6 is 15.9 Å². The quantitative estimate of drug-likeness (QED) is 0.867. The van der Waals surface area contributed by atoms with Gasteiger partial charge in [0, 0.05) is 19.7 Å². The van der Waals surface area contributed by atoms with Crippen LogP contribution < -0.4 is 4.90 Å². The number of halogens is 1.